The fraction of sp³-hybridized carbons (Fsp3) is 0.432. The van der Waals surface area contributed by atoms with Crippen molar-refractivity contribution in [2.24, 2.45) is 22.2 Å². The Labute approximate surface area is 369 Å². The van der Waals surface area contributed by atoms with Crippen molar-refractivity contribution in [3.8, 4) is 0 Å². The number of H-pyrrole nitrogens is 2. The highest BCUT2D eigenvalue weighted by atomic mass is 16.2. The number of hydrogen-bond donors (Lipinski definition) is 11. The summed E-state index contributed by atoms with van der Waals surface area (Å²) in [6.45, 7) is 0.107. The molecule has 14 N–H and O–H groups in total. The predicted octanol–water partition coefficient (Wildman–Crippen LogP) is -0.505. The third-order valence-corrected chi connectivity index (χ3v) is 11.7. The summed E-state index contributed by atoms with van der Waals surface area (Å²) in [4.78, 5) is 113. The van der Waals surface area contributed by atoms with E-state index >= 15 is 0 Å². The number of hydrogen-bond acceptors (Lipinski definition) is 9. The van der Waals surface area contributed by atoms with E-state index in [4.69, 9.17) is 17.2 Å². The van der Waals surface area contributed by atoms with Crippen LogP contribution >= 0.6 is 0 Å². The number of fused-ring (bicyclic) bond motifs is 1. The second-order valence-corrected chi connectivity index (χ2v) is 16.4. The minimum atomic E-state index is -1.41. The summed E-state index contributed by atoms with van der Waals surface area (Å²) in [6.07, 6.45) is 6.83. The maximum Gasteiger partial charge on any atom is 0.246 e. The van der Waals surface area contributed by atoms with Crippen molar-refractivity contribution in [1.82, 2.24) is 46.9 Å². The van der Waals surface area contributed by atoms with Crippen molar-refractivity contribution in [1.29, 1.82) is 0 Å². The highest BCUT2D eigenvalue weighted by Crippen LogP contribution is 2.29. The lowest BCUT2D eigenvalue weighted by Crippen LogP contribution is -2.64. The van der Waals surface area contributed by atoms with E-state index in [-0.39, 0.29) is 70.3 Å². The van der Waals surface area contributed by atoms with E-state index in [9.17, 15) is 33.6 Å². The number of aromatic amines is 2. The molecule has 20 heteroatoms. The molecule has 2 aromatic heterocycles. The summed E-state index contributed by atoms with van der Waals surface area (Å²) in [6, 6.07) is 9.82. The van der Waals surface area contributed by atoms with E-state index in [1.807, 2.05) is 24.3 Å². The van der Waals surface area contributed by atoms with E-state index in [1.165, 1.54) is 12.5 Å². The lowest BCUT2D eigenvalue weighted by atomic mass is 9.80. The van der Waals surface area contributed by atoms with Crippen LogP contribution in [0.15, 0.2) is 78.3 Å². The fourth-order valence-corrected chi connectivity index (χ4v) is 8.23. The van der Waals surface area contributed by atoms with E-state index in [1.54, 1.807) is 36.5 Å². The van der Waals surface area contributed by atoms with Crippen molar-refractivity contribution in [3.05, 3.63) is 90.1 Å². The van der Waals surface area contributed by atoms with E-state index in [0.29, 0.717) is 29.7 Å². The smallest absolute Gasteiger partial charge is 0.246 e. The Bertz CT molecular complexity index is 2300. The minimum Gasteiger partial charge on any atom is -0.370 e. The molecule has 64 heavy (non-hydrogen) atoms. The average molecular weight is 880 g/mol. The molecule has 1 saturated heterocycles. The first-order valence-corrected chi connectivity index (χ1v) is 21.5. The monoisotopic (exact) mass is 879 g/mol. The molecule has 1 saturated carbocycles. The van der Waals surface area contributed by atoms with Gasteiger partial charge in [-0.2, -0.15) is 0 Å². The van der Waals surface area contributed by atoms with Crippen LogP contribution in [0.2, 0.25) is 0 Å². The quantitative estimate of drug-likeness (QED) is 0.0521. The molecular weight excluding hydrogens is 823 g/mol. The number of imidazole rings is 1. The van der Waals surface area contributed by atoms with Crippen LogP contribution in [0.5, 0.6) is 0 Å². The number of carbonyl (C=O) groups is 7. The summed E-state index contributed by atoms with van der Waals surface area (Å²) in [7, 11) is 0. The molecule has 0 unspecified atom stereocenters. The van der Waals surface area contributed by atoms with Crippen LogP contribution in [-0.4, -0.2) is 105 Å². The fourth-order valence-electron chi connectivity index (χ4n) is 8.23. The SMILES string of the molecule is NC(=O)[C@@H]1CCC(=O)NC2(CCCCC2)C(=O)N[C@@H](Cc2cnc[nH]2)C(=O)N[C@H](Cc2ccccc2)C(=O)N[C@@H](CCCN=C(N)N)C(=O)N[C@@H](Cc2c[nH]c3ccccc23)C(=O)N1. The third kappa shape index (κ3) is 12.4. The van der Waals surface area contributed by atoms with E-state index < -0.39 is 77.1 Å². The van der Waals surface area contributed by atoms with Crippen LogP contribution in [-0.2, 0) is 52.8 Å². The number of primary amides is 1. The summed E-state index contributed by atoms with van der Waals surface area (Å²) in [5, 5.41) is 17.6. The zero-order chi connectivity index (χ0) is 45.6. The van der Waals surface area contributed by atoms with Crippen molar-refractivity contribution >= 4 is 58.2 Å². The predicted molar refractivity (Wildman–Crippen MR) is 236 cm³/mol. The number of para-hydroxylation sites is 1. The molecule has 2 aliphatic rings. The number of rotatable bonds is 11. The van der Waals surface area contributed by atoms with Gasteiger partial charge in [0.2, 0.25) is 41.4 Å². The van der Waals surface area contributed by atoms with Gasteiger partial charge in [-0.15, -0.1) is 0 Å². The standard InChI is InChI=1S/C44H57N13O7/c45-37(59)31-15-16-36(58)57-44(17-7-2-8-18-44)42(64)56-35(22-28-24-48-25-51-28)41(63)54-33(20-26-10-3-1-4-11-26)39(61)53-32(14-9-19-49-43(46)47)38(60)55-34(40(62)52-31)21-27-23-50-30-13-6-5-12-29(27)30/h1,3-6,10-13,23-25,31-35,50H,2,7-9,14-22H2,(H2,45,59)(H,48,51)(H,52,62)(H,53,61)(H,54,63)(H,55,60)(H,56,64)(H,57,58)(H4,46,47,49)/t31-,32-,33+,34-,35-/m0/s1. The molecule has 1 spiro atoms. The highest BCUT2D eigenvalue weighted by molar-refractivity contribution is 5.98. The summed E-state index contributed by atoms with van der Waals surface area (Å²) in [5.41, 5.74) is 18.1. The zero-order valence-corrected chi connectivity index (χ0v) is 35.5. The van der Waals surface area contributed by atoms with Crippen LogP contribution in [0.3, 0.4) is 0 Å². The highest BCUT2D eigenvalue weighted by Gasteiger charge is 2.43. The van der Waals surface area contributed by atoms with Gasteiger partial charge in [0, 0.05) is 61.2 Å². The molecule has 1 aliphatic heterocycles. The van der Waals surface area contributed by atoms with Gasteiger partial charge in [-0.25, -0.2) is 4.98 Å². The van der Waals surface area contributed by atoms with E-state index in [0.717, 1.165) is 17.3 Å². The molecule has 0 bridgehead atoms. The number of aliphatic imine (C=N–C) groups is 1. The minimum absolute atomic E-state index is 0.00138. The Morgan fingerprint density at radius 3 is 2.05 bits per heavy atom. The largest absolute Gasteiger partial charge is 0.370 e. The Kier molecular flexibility index (Phi) is 15.7. The van der Waals surface area contributed by atoms with Gasteiger partial charge in [0.05, 0.1) is 6.33 Å². The number of amides is 7. The van der Waals surface area contributed by atoms with E-state index in [2.05, 4.69) is 51.8 Å². The number of nitrogens with two attached hydrogens (primary N) is 3. The van der Waals surface area contributed by atoms with Gasteiger partial charge in [0.15, 0.2) is 5.96 Å². The number of nitrogens with zero attached hydrogens (tertiary/aromatic N) is 2. The first kappa shape index (κ1) is 46.3. The van der Waals surface area contributed by atoms with Crippen molar-refractivity contribution in [3.63, 3.8) is 0 Å². The maximum atomic E-state index is 14.5. The summed E-state index contributed by atoms with van der Waals surface area (Å²) < 4.78 is 0. The van der Waals surface area contributed by atoms with Crippen LogP contribution in [0.1, 0.15) is 74.6 Å². The zero-order valence-electron chi connectivity index (χ0n) is 35.5. The second kappa shape index (κ2) is 21.7. The molecule has 5 atom stereocenters. The maximum absolute atomic E-state index is 14.5. The number of carbonyl (C=O) groups excluding carboxylic acids is 7. The van der Waals surface area contributed by atoms with Gasteiger partial charge in [-0.05, 0) is 49.3 Å². The number of guanidine groups is 1. The molecule has 4 aromatic rings. The molecular formula is C44H57N13O7. The van der Waals surface area contributed by atoms with Gasteiger partial charge in [0.25, 0.3) is 0 Å². The number of benzene rings is 2. The molecule has 0 radical (unpaired) electrons. The molecule has 340 valence electrons. The Balaban J connectivity index is 1.39. The van der Waals surface area contributed by atoms with Crippen LogP contribution < -0.4 is 49.1 Å². The van der Waals surface area contributed by atoms with Crippen molar-refractivity contribution in [2.45, 2.75) is 113 Å². The van der Waals surface area contributed by atoms with Crippen LogP contribution in [0.4, 0.5) is 0 Å². The van der Waals surface area contributed by atoms with Gasteiger partial charge in [0.1, 0.15) is 35.7 Å². The van der Waals surface area contributed by atoms with Crippen LogP contribution in [0.25, 0.3) is 10.9 Å². The van der Waals surface area contributed by atoms with Crippen LogP contribution in [0, 0.1) is 0 Å². The lowest BCUT2D eigenvalue weighted by Gasteiger charge is -2.38. The Morgan fingerprint density at radius 1 is 0.719 bits per heavy atom. The summed E-state index contributed by atoms with van der Waals surface area (Å²) >= 11 is 0. The average Bonchev–Trinajstić information content (AvgIpc) is 3.95. The second-order valence-electron chi connectivity index (χ2n) is 16.4. The third-order valence-electron chi connectivity index (χ3n) is 11.7. The first-order valence-electron chi connectivity index (χ1n) is 21.5. The molecule has 7 amide bonds. The lowest BCUT2D eigenvalue weighted by molar-refractivity contribution is -0.138. The van der Waals surface area contributed by atoms with Gasteiger partial charge in [-0.1, -0.05) is 67.8 Å². The molecule has 2 aromatic carbocycles. The number of nitrogens with one attached hydrogen (secondary N) is 8. The molecule has 1 aliphatic carbocycles. The Hall–Kier alpha value is -7.25. The van der Waals surface area contributed by atoms with Gasteiger partial charge in [-0.3, -0.25) is 38.6 Å². The molecule has 2 fully saturated rings. The molecule has 20 nitrogen and oxygen atoms in total. The number of aromatic nitrogens is 3. The first-order chi connectivity index (χ1) is 30.8. The topological polar surface area (TPSA) is 327 Å². The van der Waals surface area contributed by atoms with Crippen molar-refractivity contribution < 1.29 is 33.6 Å². The normalized spacial score (nSPS) is 22.8. The van der Waals surface area contributed by atoms with Gasteiger partial charge < -0.3 is 59.1 Å². The summed E-state index contributed by atoms with van der Waals surface area (Å²) in [5.74, 6) is -5.24. The van der Waals surface area contributed by atoms with Crippen molar-refractivity contribution in [2.75, 3.05) is 6.54 Å². The van der Waals surface area contributed by atoms with Gasteiger partial charge >= 0.3 is 0 Å². The molecule has 3 heterocycles. The Morgan fingerprint density at radius 2 is 1.36 bits per heavy atom. The molecule has 6 rings (SSSR count).